The van der Waals surface area contributed by atoms with E-state index in [0.29, 0.717) is 17.1 Å². The van der Waals surface area contributed by atoms with E-state index in [4.69, 9.17) is 9.47 Å². The molecule has 2 aromatic carbocycles. The van der Waals surface area contributed by atoms with Crippen molar-refractivity contribution in [1.29, 1.82) is 0 Å². The molecule has 0 spiro atoms. The first-order chi connectivity index (χ1) is 11.5. The summed E-state index contributed by atoms with van der Waals surface area (Å²) in [5, 5.41) is 0. The molecule has 0 fully saturated rings. The van der Waals surface area contributed by atoms with Gasteiger partial charge in [0.1, 0.15) is 0 Å². The van der Waals surface area contributed by atoms with Crippen LogP contribution in [0.15, 0.2) is 42.5 Å². The van der Waals surface area contributed by atoms with Gasteiger partial charge in [-0.3, -0.25) is 9.59 Å². The van der Waals surface area contributed by atoms with E-state index in [9.17, 15) is 9.59 Å². The number of hydrogen-bond donors (Lipinski definition) is 0. The van der Waals surface area contributed by atoms with Crippen LogP contribution in [0.4, 0.5) is 11.4 Å². The van der Waals surface area contributed by atoms with Crippen LogP contribution in [-0.4, -0.2) is 32.7 Å². The van der Waals surface area contributed by atoms with Crippen LogP contribution >= 0.6 is 0 Å². The molecule has 2 amide bonds. The van der Waals surface area contributed by atoms with Crippen molar-refractivity contribution in [2.24, 2.45) is 0 Å². The SMILES string of the molecule is CC(=O)N(C)c1ccc(N(C)C(=O)c2ccc3c(c2)OCO3)cc1. The summed E-state index contributed by atoms with van der Waals surface area (Å²) in [5.74, 6) is 1.02. The molecule has 0 saturated carbocycles. The second kappa shape index (κ2) is 6.23. The maximum Gasteiger partial charge on any atom is 0.258 e. The second-order valence-corrected chi connectivity index (χ2v) is 5.53. The lowest BCUT2D eigenvalue weighted by Gasteiger charge is -2.20. The molecule has 0 radical (unpaired) electrons. The summed E-state index contributed by atoms with van der Waals surface area (Å²) >= 11 is 0. The van der Waals surface area contributed by atoms with Crippen LogP contribution in [0.2, 0.25) is 0 Å². The molecule has 0 bridgehead atoms. The molecule has 3 rings (SSSR count). The Balaban J connectivity index is 1.79. The number of anilines is 2. The van der Waals surface area contributed by atoms with E-state index in [1.54, 1.807) is 66.4 Å². The molecule has 0 unspecified atom stereocenters. The summed E-state index contributed by atoms with van der Waals surface area (Å²) in [6.45, 7) is 1.68. The standard InChI is InChI=1S/C18H18N2O4/c1-12(21)19(2)14-5-7-15(8-6-14)20(3)18(22)13-4-9-16-17(10-13)24-11-23-16/h4-10H,11H2,1-3H3. The van der Waals surface area contributed by atoms with Crippen molar-refractivity contribution in [2.75, 3.05) is 30.7 Å². The van der Waals surface area contributed by atoms with Crippen molar-refractivity contribution >= 4 is 23.2 Å². The van der Waals surface area contributed by atoms with Gasteiger partial charge in [0, 0.05) is 38.0 Å². The quantitative estimate of drug-likeness (QED) is 0.870. The van der Waals surface area contributed by atoms with E-state index in [2.05, 4.69) is 0 Å². The molecule has 1 aliphatic heterocycles. The lowest BCUT2D eigenvalue weighted by atomic mass is 10.1. The Bertz CT molecular complexity index is 786. The van der Waals surface area contributed by atoms with Crippen molar-refractivity contribution < 1.29 is 19.1 Å². The van der Waals surface area contributed by atoms with Gasteiger partial charge in [0.25, 0.3) is 5.91 Å². The highest BCUT2D eigenvalue weighted by atomic mass is 16.7. The molecule has 0 aromatic heterocycles. The third-order valence-electron chi connectivity index (χ3n) is 4.02. The number of rotatable bonds is 3. The average Bonchev–Trinajstić information content (AvgIpc) is 3.07. The summed E-state index contributed by atoms with van der Waals surface area (Å²) in [4.78, 5) is 27.1. The van der Waals surface area contributed by atoms with E-state index in [-0.39, 0.29) is 18.6 Å². The maximum atomic E-state index is 12.6. The Labute approximate surface area is 140 Å². The molecule has 2 aromatic rings. The summed E-state index contributed by atoms with van der Waals surface area (Å²) in [6.07, 6.45) is 0. The van der Waals surface area contributed by atoms with Gasteiger partial charge in [-0.05, 0) is 42.5 Å². The number of benzene rings is 2. The predicted octanol–water partition coefficient (Wildman–Crippen LogP) is 2.67. The molecule has 1 heterocycles. The largest absolute Gasteiger partial charge is 0.454 e. The third kappa shape index (κ3) is 2.90. The molecule has 0 N–H and O–H groups in total. The lowest BCUT2D eigenvalue weighted by molar-refractivity contribution is -0.116. The van der Waals surface area contributed by atoms with Gasteiger partial charge in [0.05, 0.1) is 0 Å². The molecule has 6 heteroatoms. The smallest absolute Gasteiger partial charge is 0.258 e. The number of hydrogen-bond acceptors (Lipinski definition) is 4. The summed E-state index contributed by atoms with van der Waals surface area (Å²) in [6, 6.07) is 12.3. The Hall–Kier alpha value is -3.02. The van der Waals surface area contributed by atoms with Crippen LogP contribution in [0.5, 0.6) is 11.5 Å². The maximum absolute atomic E-state index is 12.6. The topological polar surface area (TPSA) is 59.1 Å². The van der Waals surface area contributed by atoms with Crippen LogP contribution < -0.4 is 19.3 Å². The minimum Gasteiger partial charge on any atom is -0.454 e. The fourth-order valence-electron chi connectivity index (χ4n) is 2.42. The van der Waals surface area contributed by atoms with Gasteiger partial charge < -0.3 is 19.3 Å². The van der Waals surface area contributed by atoms with Crippen LogP contribution in [-0.2, 0) is 4.79 Å². The van der Waals surface area contributed by atoms with Crippen LogP contribution in [0, 0.1) is 0 Å². The molecule has 0 atom stereocenters. The summed E-state index contributed by atoms with van der Waals surface area (Å²) in [5.41, 5.74) is 2.03. The normalized spacial score (nSPS) is 12.0. The molecule has 24 heavy (non-hydrogen) atoms. The minimum atomic E-state index is -0.152. The van der Waals surface area contributed by atoms with Gasteiger partial charge in [-0.1, -0.05) is 0 Å². The van der Waals surface area contributed by atoms with E-state index < -0.39 is 0 Å². The Morgan fingerprint density at radius 1 is 0.875 bits per heavy atom. The number of amides is 2. The van der Waals surface area contributed by atoms with Gasteiger partial charge in [-0.15, -0.1) is 0 Å². The molecule has 0 saturated heterocycles. The van der Waals surface area contributed by atoms with Crippen molar-refractivity contribution in [3.63, 3.8) is 0 Å². The first-order valence-electron chi connectivity index (χ1n) is 7.49. The molecular formula is C18H18N2O4. The molecule has 6 nitrogen and oxygen atoms in total. The molecular weight excluding hydrogens is 308 g/mol. The van der Waals surface area contributed by atoms with Crippen LogP contribution in [0.3, 0.4) is 0 Å². The lowest BCUT2D eigenvalue weighted by Crippen LogP contribution is -2.26. The number of carbonyl (C=O) groups is 2. The van der Waals surface area contributed by atoms with Crippen molar-refractivity contribution in [1.82, 2.24) is 0 Å². The minimum absolute atomic E-state index is 0.0486. The Kier molecular flexibility index (Phi) is 4.12. The van der Waals surface area contributed by atoms with Crippen molar-refractivity contribution in [3.8, 4) is 11.5 Å². The zero-order valence-corrected chi connectivity index (χ0v) is 13.8. The third-order valence-corrected chi connectivity index (χ3v) is 4.02. The highest BCUT2D eigenvalue weighted by molar-refractivity contribution is 6.06. The van der Waals surface area contributed by atoms with Crippen LogP contribution in [0.25, 0.3) is 0 Å². The Morgan fingerprint density at radius 3 is 2.08 bits per heavy atom. The molecule has 1 aliphatic rings. The summed E-state index contributed by atoms with van der Waals surface area (Å²) in [7, 11) is 3.41. The fourth-order valence-corrected chi connectivity index (χ4v) is 2.42. The molecule has 0 aliphatic carbocycles. The predicted molar refractivity (Wildman–Crippen MR) is 90.8 cm³/mol. The second-order valence-electron chi connectivity index (χ2n) is 5.53. The number of nitrogens with zero attached hydrogens (tertiary/aromatic N) is 2. The van der Waals surface area contributed by atoms with Gasteiger partial charge in [-0.25, -0.2) is 0 Å². The summed E-state index contributed by atoms with van der Waals surface area (Å²) < 4.78 is 10.6. The Morgan fingerprint density at radius 2 is 1.46 bits per heavy atom. The number of fused-ring (bicyclic) bond motifs is 1. The average molecular weight is 326 g/mol. The highest BCUT2D eigenvalue weighted by Gasteiger charge is 2.19. The van der Waals surface area contributed by atoms with Crippen molar-refractivity contribution in [2.45, 2.75) is 6.92 Å². The first-order valence-corrected chi connectivity index (χ1v) is 7.49. The number of carbonyl (C=O) groups excluding carboxylic acids is 2. The van der Waals surface area contributed by atoms with Crippen LogP contribution in [0.1, 0.15) is 17.3 Å². The monoisotopic (exact) mass is 326 g/mol. The molecule has 124 valence electrons. The first kappa shape index (κ1) is 15.9. The van der Waals surface area contributed by atoms with E-state index in [1.807, 2.05) is 0 Å². The van der Waals surface area contributed by atoms with E-state index in [0.717, 1.165) is 11.4 Å². The van der Waals surface area contributed by atoms with Gasteiger partial charge in [-0.2, -0.15) is 0 Å². The van der Waals surface area contributed by atoms with E-state index >= 15 is 0 Å². The van der Waals surface area contributed by atoms with Gasteiger partial charge in [0.15, 0.2) is 11.5 Å². The fraction of sp³-hybridized carbons (Fsp3) is 0.222. The highest BCUT2D eigenvalue weighted by Crippen LogP contribution is 2.33. The number of ether oxygens (including phenoxy) is 2. The van der Waals surface area contributed by atoms with Crippen molar-refractivity contribution in [3.05, 3.63) is 48.0 Å². The zero-order valence-electron chi connectivity index (χ0n) is 13.8. The zero-order chi connectivity index (χ0) is 17.3. The van der Waals surface area contributed by atoms with Gasteiger partial charge in [0.2, 0.25) is 12.7 Å². The van der Waals surface area contributed by atoms with E-state index in [1.165, 1.54) is 6.92 Å². The van der Waals surface area contributed by atoms with Gasteiger partial charge >= 0.3 is 0 Å².